The summed E-state index contributed by atoms with van der Waals surface area (Å²) in [5.74, 6) is -1.37. The van der Waals surface area contributed by atoms with Crippen LogP contribution in [0.3, 0.4) is 0 Å². The third-order valence-corrected chi connectivity index (χ3v) is 3.89. The van der Waals surface area contributed by atoms with Crippen LogP contribution in [0.25, 0.3) is 0 Å². The van der Waals surface area contributed by atoms with E-state index >= 15 is 0 Å². The fraction of sp³-hybridized carbons (Fsp3) is 0.167. The number of hydrogen-bond donors (Lipinski definition) is 5. The van der Waals surface area contributed by atoms with Gasteiger partial charge in [0.15, 0.2) is 5.82 Å². The van der Waals surface area contributed by atoms with E-state index in [4.69, 9.17) is 9.90 Å². The molecule has 0 aliphatic carbocycles. The number of fused-ring (bicyclic) bond motifs is 5. The van der Waals surface area contributed by atoms with Gasteiger partial charge in [-0.1, -0.05) is 12.1 Å². The molecule has 0 fully saturated rings. The molecule has 10 nitrogen and oxygen atoms in total. The Labute approximate surface area is 172 Å². The molecule has 31 heavy (non-hydrogen) atoms. The monoisotopic (exact) mass is 435 g/mol. The van der Waals surface area contributed by atoms with E-state index in [1.54, 1.807) is 18.3 Å². The molecule has 2 aliphatic heterocycles. The number of halogens is 3. The number of aromatic amines is 1. The van der Waals surface area contributed by atoms with Crippen LogP contribution in [0.15, 0.2) is 42.6 Å². The summed E-state index contributed by atoms with van der Waals surface area (Å²) in [6.07, 6.45) is -2.69. The van der Waals surface area contributed by atoms with Crippen LogP contribution in [-0.2, 0) is 11.2 Å². The van der Waals surface area contributed by atoms with E-state index in [0.29, 0.717) is 29.8 Å². The minimum absolute atomic E-state index is 0.190. The maximum Gasteiger partial charge on any atom is 0.490 e. The minimum atomic E-state index is -5.08. The first kappa shape index (κ1) is 21.5. The lowest BCUT2D eigenvalue weighted by Gasteiger charge is -2.09. The van der Waals surface area contributed by atoms with Gasteiger partial charge in [0.2, 0.25) is 5.95 Å². The second-order valence-corrected chi connectivity index (χ2v) is 6.19. The molecule has 2 aromatic heterocycles. The van der Waals surface area contributed by atoms with Gasteiger partial charge < -0.3 is 21.1 Å². The van der Waals surface area contributed by atoms with Crippen molar-refractivity contribution < 1.29 is 27.9 Å². The number of rotatable bonds is 0. The van der Waals surface area contributed by atoms with Crippen LogP contribution in [0.1, 0.15) is 16.1 Å². The second kappa shape index (κ2) is 9.11. The van der Waals surface area contributed by atoms with Gasteiger partial charge in [-0.25, -0.2) is 9.78 Å². The fourth-order valence-corrected chi connectivity index (χ4v) is 2.42. The summed E-state index contributed by atoms with van der Waals surface area (Å²) in [6.45, 7) is 0.551. The van der Waals surface area contributed by atoms with E-state index in [1.165, 1.54) is 0 Å². The number of carbonyl (C=O) groups is 2. The van der Waals surface area contributed by atoms with Crippen molar-refractivity contribution in [1.82, 2.24) is 25.5 Å². The lowest BCUT2D eigenvalue weighted by molar-refractivity contribution is -0.192. The number of carboxylic acid groups (broad SMARTS) is 1. The summed E-state index contributed by atoms with van der Waals surface area (Å²) < 4.78 is 31.7. The number of alkyl halides is 3. The third-order valence-electron chi connectivity index (χ3n) is 3.89. The van der Waals surface area contributed by atoms with Crippen molar-refractivity contribution >= 4 is 35.1 Å². The van der Waals surface area contributed by atoms with Crippen LogP contribution in [0.4, 0.5) is 36.4 Å². The van der Waals surface area contributed by atoms with E-state index < -0.39 is 12.1 Å². The summed E-state index contributed by atoms with van der Waals surface area (Å²) >= 11 is 0. The Morgan fingerprint density at radius 1 is 1.06 bits per heavy atom. The maximum atomic E-state index is 12.1. The molecule has 0 saturated heterocycles. The first-order valence-corrected chi connectivity index (χ1v) is 8.80. The minimum Gasteiger partial charge on any atom is -0.475 e. The zero-order chi connectivity index (χ0) is 22.4. The molecule has 1 aromatic carbocycles. The summed E-state index contributed by atoms with van der Waals surface area (Å²) in [7, 11) is 0. The quantitative estimate of drug-likeness (QED) is 0.362. The van der Waals surface area contributed by atoms with Gasteiger partial charge >= 0.3 is 12.1 Å². The Morgan fingerprint density at radius 3 is 2.45 bits per heavy atom. The van der Waals surface area contributed by atoms with Crippen molar-refractivity contribution in [2.45, 2.75) is 12.6 Å². The molecule has 162 valence electrons. The fourth-order valence-electron chi connectivity index (χ4n) is 2.42. The Morgan fingerprint density at radius 2 is 1.77 bits per heavy atom. The van der Waals surface area contributed by atoms with Gasteiger partial charge in [-0.15, -0.1) is 0 Å². The van der Waals surface area contributed by atoms with Gasteiger partial charge in [-0.2, -0.15) is 23.3 Å². The molecular formula is C18H16F3N7O3. The van der Waals surface area contributed by atoms with Gasteiger partial charge in [0.05, 0.1) is 0 Å². The largest absolute Gasteiger partial charge is 0.490 e. The highest BCUT2D eigenvalue weighted by Crippen LogP contribution is 2.18. The average Bonchev–Trinajstić information content (AvgIpc) is 3.17. The smallest absolute Gasteiger partial charge is 0.475 e. The lowest BCUT2D eigenvalue weighted by Crippen LogP contribution is -2.26. The van der Waals surface area contributed by atoms with Crippen LogP contribution in [0.5, 0.6) is 0 Å². The summed E-state index contributed by atoms with van der Waals surface area (Å²) in [5, 5.41) is 23.0. The topological polar surface area (TPSA) is 145 Å². The van der Waals surface area contributed by atoms with Gasteiger partial charge in [0, 0.05) is 24.5 Å². The summed E-state index contributed by atoms with van der Waals surface area (Å²) in [4.78, 5) is 29.6. The van der Waals surface area contributed by atoms with Gasteiger partial charge in [0.25, 0.3) is 5.91 Å². The number of aromatic nitrogens is 4. The number of hydrogen-bond acceptors (Lipinski definition) is 7. The molecule has 0 saturated carbocycles. The molecule has 5 rings (SSSR count). The number of carbonyl (C=O) groups excluding carboxylic acids is 1. The zero-order valence-corrected chi connectivity index (χ0v) is 15.7. The highest BCUT2D eigenvalue weighted by molar-refractivity contribution is 5.93. The number of aliphatic carboxylic acids is 1. The van der Waals surface area contributed by atoms with Crippen LogP contribution >= 0.6 is 0 Å². The van der Waals surface area contributed by atoms with Crippen molar-refractivity contribution in [3.05, 3.63) is 53.9 Å². The molecule has 0 spiro atoms. The average molecular weight is 435 g/mol. The molecule has 4 heterocycles. The lowest BCUT2D eigenvalue weighted by atomic mass is 10.1. The van der Waals surface area contributed by atoms with Crippen molar-refractivity contribution in [2.75, 3.05) is 17.2 Å². The Balaban J connectivity index is 0.000000339. The van der Waals surface area contributed by atoms with E-state index in [2.05, 4.69) is 36.1 Å². The summed E-state index contributed by atoms with van der Waals surface area (Å²) in [5.41, 5.74) is 2.43. The highest BCUT2D eigenvalue weighted by Gasteiger charge is 2.38. The van der Waals surface area contributed by atoms with Crippen molar-refractivity contribution in [3.8, 4) is 0 Å². The van der Waals surface area contributed by atoms with Crippen molar-refractivity contribution in [3.63, 3.8) is 0 Å². The number of anilines is 4. The number of nitrogens with zero attached hydrogens (tertiary/aromatic N) is 3. The second-order valence-electron chi connectivity index (χ2n) is 6.19. The van der Waals surface area contributed by atoms with Gasteiger partial charge in [-0.05, 0) is 30.2 Å². The van der Waals surface area contributed by atoms with Crippen LogP contribution in [0.2, 0.25) is 0 Å². The molecular weight excluding hydrogens is 419 g/mol. The molecule has 3 aromatic rings. The Kier molecular flexibility index (Phi) is 6.33. The molecule has 13 heteroatoms. The molecule has 6 bridgehead atoms. The molecule has 0 atom stereocenters. The van der Waals surface area contributed by atoms with E-state index in [-0.39, 0.29) is 5.91 Å². The number of carboxylic acids is 1. The predicted molar refractivity (Wildman–Crippen MR) is 103 cm³/mol. The van der Waals surface area contributed by atoms with E-state index in [9.17, 15) is 18.0 Å². The first-order valence-electron chi connectivity index (χ1n) is 8.80. The first-order chi connectivity index (χ1) is 14.7. The van der Waals surface area contributed by atoms with E-state index in [0.717, 1.165) is 17.7 Å². The highest BCUT2D eigenvalue weighted by atomic mass is 19.4. The van der Waals surface area contributed by atoms with Crippen LogP contribution in [-0.4, -0.2) is 49.9 Å². The molecule has 2 aliphatic rings. The van der Waals surface area contributed by atoms with Crippen LogP contribution < -0.4 is 16.0 Å². The SMILES string of the molecule is O=C(O)C(F)(F)F.O=C1NCCc2ccc(cc2)Nc2nccc(n2)Nc2cc1[nH]n2. The Hall–Kier alpha value is -4.16. The number of benzene rings is 1. The van der Waals surface area contributed by atoms with Crippen molar-refractivity contribution in [2.24, 2.45) is 0 Å². The molecule has 5 N–H and O–H groups in total. The zero-order valence-electron chi connectivity index (χ0n) is 15.7. The Bertz CT molecular complexity index is 1070. The van der Waals surface area contributed by atoms with Gasteiger partial charge in [-0.3, -0.25) is 9.89 Å². The van der Waals surface area contributed by atoms with Gasteiger partial charge in [0.1, 0.15) is 11.5 Å². The molecule has 0 radical (unpaired) electrons. The standard InChI is InChI=1S/C16H15N7O.C2HF3O2/c24-15-12-9-14(23-22-12)20-13-6-8-18-16(21-13)19-11-3-1-10(2-4-11)5-7-17-15;3-2(4,5)1(6)7/h1-4,6,8-9H,5,7H2,(H,17,24)(H3,18,19,20,21,22,23);(H,6,7). The van der Waals surface area contributed by atoms with E-state index in [1.807, 2.05) is 24.3 Å². The summed E-state index contributed by atoms with van der Waals surface area (Å²) in [6, 6.07) is 11.3. The molecule has 1 amide bonds. The number of amides is 1. The molecule has 0 unspecified atom stereocenters. The van der Waals surface area contributed by atoms with Crippen LogP contribution in [0, 0.1) is 0 Å². The van der Waals surface area contributed by atoms with Crippen molar-refractivity contribution in [1.29, 1.82) is 0 Å². The third kappa shape index (κ3) is 6.16. The number of nitrogens with one attached hydrogen (secondary N) is 4. The maximum absolute atomic E-state index is 12.1. The number of H-pyrrole nitrogens is 1. The predicted octanol–water partition coefficient (Wildman–Crippen LogP) is 2.61. The normalized spacial score (nSPS) is 13.2.